The van der Waals surface area contributed by atoms with E-state index in [1.807, 2.05) is 19.1 Å². The topological polar surface area (TPSA) is 29.3 Å². The van der Waals surface area contributed by atoms with Gasteiger partial charge in [0.25, 0.3) is 0 Å². The average molecular weight is 467 g/mol. The summed E-state index contributed by atoms with van der Waals surface area (Å²) in [5, 5.41) is 0. The van der Waals surface area contributed by atoms with Crippen LogP contribution >= 0.6 is 0 Å². The van der Waals surface area contributed by atoms with Gasteiger partial charge in [-0.3, -0.25) is 0 Å². The summed E-state index contributed by atoms with van der Waals surface area (Å²) in [5.74, 6) is 0.678. The van der Waals surface area contributed by atoms with Crippen LogP contribution in [0.5, 0.6) is 0 Å². The summed E-state index contributed by atoms with van der Waals surface area (Å²) in [4.78, 5) is 2.71. The zero-order valence-electron chi connectivity index (χ0n) is 21.7. The van der Waals surface area contributed by atoms with Crippen LogP contribution < -0.4 is 5.73 Å². The van der Waals surface area contributed by atoms with Crippen molar-refractivity contribution in [2.75, 3.05) is 13.1 Å². The molecule has 2 aromatic carbocycles. The number of rotatable bonds is 10. The molecular formula is C33H42N2. The third-order valence-electron chi connectivity index (χ3n) is 7.60. The Labute approximate surface area is 212 Å². The van der Waals surface area contributed by atoms with Crippen molar-refractivity contribution in [2.24, 2.45) is 5.73 Å². The van der Waals surface area contributed by atoms with Crippen molar-refractivity contribution in [3.8, 4) is 0 Å². The van der Waals surface area contributed by atoms with Crippen molar-refractivity contribution >= 4 is 11.1 Å². The summed E-state index contributed by atoms with van der Waals surface area (Å²) in [7, 11) is 0. The second-order valence-corrected chi connectivity index (χ2v) is 10.1. The summed E-state index contributed by atoms with van der Waals surface area (Å²) in [6.07, 6.45) is 14.7. The summed E-state index contributed by atoms with van der Waals surface area (Å²) in [6.45, 7) is 11.2. The van der Waals surface area contributed by atoms with Crippen LogP contribution in [0.15, 0.2) is 90.7 Å². The average Bonchev–Trinajstić information content (AvgIpc) is 3.76. The van der Waals surface area contributed by atoms with Crippen molar-refractivity contribution in [1.82, 2.24) is 4.90 Å². The highest BCUT2D eigenvalue weighted by Gasteiger charge is 2.32. The Morgan fingerprint density at radius 2 is 1.63 bits per heavy atom. The van der Waals surface area contributed by atoms with Crippen LogP contribution in [0.2, 0.25) is 0 Å². The van der Waals surface area contributed by atoms with E-state index in [-0.39, 0.29) is 0 Å². The Morgan fingerprint density at radius 3 is 2.23 bits per heavy atom. The van der Waals surface area contributed by atoms with Gasteiger partial charge in [0.05, 0.1) is 0 Å². The third-order valence-corrected chi connectivity index (χ3v) is 7.60. The predicted molar refractivity (Wildman–Crippen MR) is 152 cm³/mol. The van der Waals surface area contributed by atoms with E-state index in [4.69, 9.17) is 5.73 Å². The maximum Gasteiger partial charge on any atom is 0.0270 e. The molecule has 1 heterocycles. The molecule has 184 valence electrons. The first-order valence-electron chi connectivity index (χ1n) is 13.5. The number of nitrogens with zero attached hydrogens (tertiary/aromatic N) is 1. The fourth-order valence-corrected chi connectivity index (χ4v) is 5.30. The van der Waals surface area contributed by atoms with E-state index in [1.54, 1.807) is 0 Å². The van der Waals surface area contributed by atoms with Crippen LogP contribution in [0.4, 0.5) is 0 Å². The van der Waals surface area contributed by atoms with E-state index in [2.05, 4.69) is 79.1 Å². The summed E-state index contributed by atoms with van der Waals surface area (Å²) in [6, 6.07) is 21.1. The molecule has 1 aliphatic heterocycles. The fraction of sp³-hybridized carbons (Fsp3) is 0.394. The van der Waals surface area contributed by atoms with Gasteiger partial charge in [-0.1, -0.05) is 86.7 Å². The molecule has 4 rings (SSSR count). The zero-order valence-corrected chi connectivity index (χ0v) is 21.7. The van der Waals surface area contributed by atoms with Gasteiger partial charge in [-0.15, -0.1) is 0 Å². The Morgan fingerprint density at radius 1 is 0.943 bits per heavy atom. The first-order valence-corrected chi connectivity index (χ1v) is 13.5. The molecule has 1 aliphatic carbocycles. The molecule has 0 spiro atoms. The molecule has 35 heavy (non-hydrogen) atoms. The third kappa shape index (κ3) is 6.64. The van der Waals surface area contributed by atoms with E-state index in [0.29, 0.717) is 5.92 Å². The summed E-state index contributed by atoms with van der Waals surface area (Å²) < 4.78 is 0. The lowest BCUT2D eigenvalue weighted by molar-refractivity contribution is 0.203. The Hall–Kier alpha value is -2.84. The van der Waals surface area contributed by atoms with Crippen molar-refractivity contribution < 1.29 is 0 Å². The number of hydrogen-bond acceptors (Lipinski definition) is 2. The van der Waals surface area contributed by atoms with Crippen LogP contribution in [0.3, 0.4) is 0 Å². The lowest BCUT2D eigenvalue weighted by Crippen LogP contribution is -2.34. The van der Waals surface area contributed by atoms with Crippen LogP contribution in [-0.2, 0) is 0 Å². The van der Waals surface area contributed by atoms with Crippen molar-refractivity contribution in [1.29, 1.82) is 0 Å². The molecule has 0 unspecified atom stereocenters. The first-order chi connectivity index (χ1) is 17.1. The normalized spacial score (nSPS) is 18.6. The van der Waals surface area contributed by atoms with E-state index < -0.39 is 0 Å². The van der Waals surface area contributed by atoms with Gasteiger partial charge < -0.3 is 10.6 Å². The van der Waals surface area contributed by atoms with Gasteiger partial charge in [0.15, 0.2) is 0 Å². The second-order valence-electron chi connectivity index (χ2n) is 10.1. The number of hydrogen-bond donors (Lipinski definition) is 1. The number of benzene rings is 2. The SMILES string of the molecule is C=C(/C=C\C(N)=C/C)/C(=C(\CCCC)c1ccccc1)c1ccc(C2CCN(C3CC3)CC2)cc1. The van der Waals surface area contributed by atoms with Crippen molar-refractivity contribution in [2.45, 2.75) is 70.8 Å². The number of unbranched alkanes of at least 4 members (excludes halogenated alkanes) is 1. The van der Waals surface area contributed by atoms with E-state index in [0.717, 1.165) is 36.6 Å². The molecular weight excluding hydrogens is 424 g/mol. The zero-order chi connectivity index (χ0) is 24.6. The number of nitrogens with two attached hydrogens (primary N) is 1. The van der Waals surface area contributed by atoms with Gasteiger partial charge >= 0.3 is 0 Å². The van der Waals surface area contributed by atoms with Crippen LogP contribution in [0.1, 0.15) is 81.4 Å². The summed E-state index contributed by atoms with van der Waals surface area (Å²) in [5.41, 5.74) is 14.5. The molecule has 1 saturated heterocycles. The number of piperidine rings is 1. The largest absolute Gasteiger partial charge is 0.399 e. The number of allylic oxidation sites excluding steroid dienone is 6. The maximum absolute atomic E-state index is 6.08. The lowest BCUT2D eigenvalue weighted by atomic mass is 9.84. The van der Waals surface area contributed by atoms with Crippen LogP contribution in [0, 0.1) is 0 Å². The molecule has 0 bridgehead atoms. The van der Waals surface area contributed by atoms with Crippen LogP contribution in [-0.4, -0.2) is 24.0 Å². The molecule has 2 aromatic rings. The minimum Gasteiger partial charge on any atom is -0.399 e. The fourth-order valence-electron chi connectivity index (χ4n) is 5.30. The molecule has 2 fully saturated rings. The minimum atomic E-state index is 0.678. The van der Waals surface area contributed by atoms with Gasteiger partial charge in [-0.05, 0) is 104 Å². The quantitative estimate of drug-likeness (QED) is 0.283. The van der Waals surface area contributed by atoms with Gasteiger partial charge in [-0.2, -0.15) is 0 Å². The van der Waals surface area contributed by atoms with E-state index >= 15 is 0 Å². The molecule has 2 nitrogen and oxygen atoms in total. The second kappa shape index (κ2) is 12.2. The highest BCUT2D eigenvalue weighted by molar-refractivity contribution is 5.99. The van der Waals surface area contributed by atoms with Gasteiger partial charge in [-0.25, -0.2) is 0 Å². The summed E-state index contributed by atoms with van der Waals surface area (Å²) >= 11 is 0. The molecule has 0 aromatic heterocycles. The number of likely N-dealkylation sites (tertiary alicyclic amines) is 1. The lowest BCUT2D eigenvalue weighted by Gasteiger charge is -2.32. The highest BCUT2D eigenvalue weighted by Crippen LogP contribution is 2.38. The van der Waals surface area contributed by atoms with E-state index in [1.165, 1.54) is 66.6 Å². The molecule has 1 saturated carbocycles. The van der Waals surface area contributed by atoms with Gasteiger partial charge in [0.1, 0.15) is 0 Å². The standard InChI is InChI=1S/C33H42N2/c1-4-6-12-32(28-10-8-7-9-11-28)33(25(3)13-18-30(34)5-2)29-16-14-26(15-17-29)27-21-23-35(24-22-27)31-19-20-31/h5,7-11,13-18,27,31H,3-4,6,12,19-24,34H2,1-2H3/b18-13-,30-5+,33-32-. The van der Waals surface area contributed by atoms with Crippen molar-refractivity contribution in [3.63, 3.8) is 0 Å². The monoisotopic (exact) mass is 466 g/mol. The Kier molecular flexibility index (Phi) is 8.82. The molecule has 0 amide bonds. The van der Waals surface area contributed by atoms with Crippen molar-refractivity contribution in [3.05, 3.63) is 107 Å². The molecule has 2 heteroatoms. The van der Waals surface area contributed by atoms with Crippen LogP contribution in [0.25, 0.3) is 11.1 Å². The smallest absolute Gasteiger partial charge is 0.0270 e. The molecule has 2 N–H and O–H groups in total. The molecule has 0 radical (unpaired) electrons. The Bertz CT molecular complexity index is 1060. The molecule has 2 aliphatic rings. The molecule has 0 atom stereocenters. The minimum absolute atomic E-state index is 0.678. The Balaban J connectivity index is 1.66. The highest BCUT2D eigenvalue weighted by atomic mass is 15.2. The van der Waals surface area contributed by atoms with Gasteiger partial charge in [0, 0.05) is 11.7 Å². The first kappa shape index (κ1) is 25.3. The maximum atomic E-state index is 6.08. The predicted octanol–water partition coefficient (Wildman–Crippen LogP) is 8.10. The van der Waals surface area contributed by atoms with E-state index in [9.17, 15) is 0 Å². The van der Waals surface area contributed by atoms with Gasteiger partial charge in [0.2, 0.25) is 0 Å².